The Hall–Kier alpha value is -4.77. The third-order valence-electron chi connectivity index (χ3n) is 5.03. The fourth-order valence-electron chi connectivity index (χ4n) is 3.27. The monoisotopic (exact) mass is 454 g/mol. The van der Waals surface area contributed by atoms with Gasteiger partial charge in [0.05, 0.1) is 0 Å². The number of pyridine rings is 1. The molecule has 4 rings (SSSR count). The Morgan fingerprint density at radius 2 is 1.88 bits per heavy atom. The SMILES string of the molecule is Cc1cccn2c(=O)c(C=C(C#N)C(=O)NCc3ccccc3)c(Oc3ccc(F)cc3)nc12. The molecule has 2 aromatic carbocycles. The smallest absolute Gasteiger partial charge is 0.269 e. The highest BCUT2D eigenvalue weighted by atomic mass is 19.1. The van der Waals surface area contributed by atoms with E-state index in [0.717, 1.165) is 17.2 Å². The second-order valence-electron chi connectivity index (χ2n) is 7.41. The van der Waals surface area contributed by atoms with Gasteiger partial charge in [-0.15, -0.1) is 0 Å². The molecule has 0 fully saturated rings. The van der Waals surface area contributed by atoms with Gasteiger partial charge in [0, 0.05) is 12.7 Å². The van der Waals surface area contributed by atoms with Gasteiger partial charge in [0.15, 0.2) is 0 Å². The van der Waals surface area contributed by atoms with Gasteiger partial charge in [-0.1, -0.05) is 36.4 Å². The number of nitriles is 1. The standard InChI is InChI=1S/C26H19FN4O3/c1-17-6-5-13-31-23(17)30-25(34-21-11-9-20(27)10-12-21)22(26(31)33)14-19(15-28)24(32)29-16-18-7-3-2-4-8-18/h2-14H,16H2,1H3,(H,29,32). The first-order valence-electron chi connectivity index (χ1n) is 10.4. The van der Waals surface area contributed by atoms with Gasteiger partial charge in [0.25, 0.3) is 11.5 Å². The molecular weight excluding hydrogens is 435 g/mol. The van der Waals surface area contributed by atoms with Crippen molar-refractivity contribution >= 4 is 17.6 Å². The first-order valence-corrected chi connectivity index (χ1v) is 10.4. The molecule has 1 amide bonds. The molecule has 2 heterocycles. The number of hydrogen-bond acceptors (Lipinski definition) is 5. The number of carbonyl (C=O) groups is 1. The molecule has 0 aliphatic carbocycles. The third kappa shape index (κ3) is 4.84. The minimum absolute atomic E-state index is 0.0844. The predicted molar refractivity (Wildman–Crippen MR) is 125 cm³/mol. The highest BCUT2D eigenvalue weighted by Gasteiger charge is 2.18. The molecule has 2 aromatic heterocycles. The van der Waals surface area contributed by atoms with Crippen LogP contribution in [0.5, 0.6) is 11.6 Å². The zero-order valence-corrected chi connectivity index (χ0v) is 18.2. The minimum Gasteiger partial charge on any atom is -0.438 e. The van der Waals surface area contributed by atoms with E-state index in [9.17, 15) is 19.2 Å². The first-order chi connectivity index (χ1) is 16.5. The second kappa shape index (κ2) is 9.79. The van der Waals surface area contributed by atoms with Crippen LogP contribution in [0.3, 0.4) is 0 Å². The second-order valence-corrected chi connectivity index (χ2v) is 7.41. The number of halogens is 1. The third-order valence-corrected chi connectivity index (χ3v) is 5.03. The highest BCUT2D eigenvalue weighted by Crippen LogP contribution is 2.25. The molecule has 0 aliphatic rings. The molecule has 0 atom stereocenters. The maximum absolute atomic E-state index is 13.3. The molecule has 168 valence electrons. The Balaban J connectivity index is 1.77. The number of benzene rings is 2. The molecule has 0 saturated carbocycles. The molecule has 0 unspecified atom stereocenters. The van der Waals surface area contributed by atoms with E-state index in [2.05, 4.69) is 10.3 Å². The van der Waals surface area contributed by atoms with Crippen LogP contribution in [0, 0.1) is 24.1 Å². The Morgan fingerprint density at radius 3 is 2.59 bits per heavy atom. The van der Waals surface area contributed by atoms with E-state index in [1.165, 1.54) is 34.9 Å². The van der Waals surface area contributed by atoms with E-state index in [0.29, 0.717) is 5.65 Å². The van der Waals surface area contributed by atoms with Crippen molar-refractivity contribution in [3.63, 3.8) is 0 Å². The van der Waals surface area contributed by atoms with Crippen LogP contribution in [0.25, 0.3) is 11.7 Å². The average Bonchev–Trinajstić information content (AvgIpc) is 2.85. The van der Waals surface area contributed by atoms with Gasteiger partial charge in [-0.3, -0.25) is 14.0 Å². The Bertz CT molecular complexity index is 1490. The molecule has 0 bridgehead atoms. The van der Waals surface area contributed by atoms with Crippen molar-refractivity contribution in [2.45, 2.75) is 13.5 Å². The quantitative estimate of drug-likeness (QED) is 0.349. The zero-order chi connectivity index (χ0) is 24.1. The molecule has 0 spiro atoms. The highest BCUT2D eigenvalue weighted by molar-refractivity contribution is 6.01. The van der Waals surface area contributed by atoms with Crippen molar-refractivity contribution in [1.82, 2.24) is 14.7 Å². The predicted octanol–water partition coefficient (Wildman–Crippen LogP) is 4.16. The van der Waals surface area contributed by atoms with E-state index in [1.807, 2.05) is 36.4 Å². The Kier molecular flexibility index (Phi) is 6.46. The number of hydrogen-bond donors (Lipinski definition) is 1. The summed E-state index contributed by atoms with van der Waals surface area (Å²) in [4.78, 5) is 30.4. The van der Waals surface area contributed by atoms with E-state index in [1.54, 1.807) is 19.1 Å². The number of aryl methyl sites for hydroxylation is 1. The number of aromatic nitrogens is 2. The van der Waals surface area contributed by atoms with E-state index in [4.69, 9.17) is 4.74 Å². The van der Waals surface area contributed by atoms with E-state index >= 15 is 0 Å². The fraction of sp³-hybridized carbons (Fsp3) is 0.0769. The summed E-state index contributed by atoms with van der Waals surface area (Å²) in [6.45, 7) is 2.00. The summed E-state index contributed by atoms with van der Waals surface area (Å²) in [5.74, 6) is -0.952. The molecular formula is C26H19FN4O3. The number of fused-ring (bicyclic) bond motifs is 1. The van der Waals surface area contributed by atoms with Crippen molar-refractivity contribution in [3.05, 3.63) is 111 Å². The first kappa shape index (κ1) is 22.4. The number of carbonyl (C=O) groups excluding carboxylic acids is 1. The molecule has 0 aliphatic heterocycles. The zero-order valence-electron chi connectivity index (χ0n) is 18.2. The molecule has 0 saturated heterocycles. The summed E-state index contributed by atoms with van der Waals surface area (Å²) in [6, 6.07) is 19.7. The number of nitrogens with zero attached hydrogens (tertiary/aromatic N) is 3. The van der Waals surface area contributed by atoms with E-state index in [-0.39, 0.29) is 29.3 Å². The summed E-state index contributed by atoms with van der Waals surface area (Å²) in [6.07, 6.45) is 2.70. The minimum atomic E-state index is -0.646. The van der Waals surface area contributed by atoms with Gasteiger partial charge in [0.1, 0.15) is 34.4 Å². The Morgan fingerprint density at radius 1 is 1.15 bits per heavy atom. The topological polar surface area (TPSA) is 96.5 Å². The molecule has 4 aromatic rings. The maximum Gasteiger partial charge on any atom is 0.269 e. The van der Waals surface area contributed by atoms with Crippen molar-refractivity contribution in [2.75, 3.05) is 0 Å². The van der Waals surface area contributed by atoms with Gasteiger partial charge >= 0.3 is 0 Å². The van der Waals surface area contributed by atoms with Gasteiger partial charge < -0.3 is 10.1 Å². The van der Waals surface area contributed by atoms with E-state index < -0.39 is 17.3 Å². The molecule has 7 nitrogen and oxygen atoms in total. The number of rotatable bonds is 6. The lowest BCUT2D eigenvalue weighted by molar-refractivity contribution is -0.117. The lowest BCUT2D eigenvalue weighted by Gasteiger charge is -2.11. The molecule has 8 heteroatoms. The number of nitrogens with one attached hydrogen (secondary N) is 1. The van der Waals surface area contributed by atoms with Crippen LogP contribution in [0.15, 0.2) is 83.3 Å². The van der Waals surface area contributed by atoms with Crippen molar-refractivity contribution in [1.29, 1.82) is 5.26 Å². The fourth-order valence-corrected chi connectivity index (χ4v) is 3.27. The van der Waals surface area contributed by atoms with Crippen LogP contribution < -0.4 is 15.6 Å². The van der Waals surface area contributed by atoms with Crippen molar-refractivity contribution < 1.29 is 13.9 Å². The lowest BCUT2D eigenvalue weighted by Crippen LogP contribution is -2.25. The largest absolute Gasteiger partial charge is 0.438 e. The summed E-state index contributed by atoms with van der Waals surface area (Å²) in [5, 5.41) is 12.3. The van der Waals surface area contributed by atoms with Crippen LogP contribution >= 0.6 is 0 Å². The number of amides is 1. The molecule has 34 heavy (non-hydrogen) atoms. The van der Waals surface area contributed by atoms with Crippen molar-refractivity contribution in [3.8, 4) is 17.7 Å². The summed E-state index contributed by atoms with van der Waals surface area (Å²) >= 11 is 0. The van der Waals surface area contributed by atoms with Gasteiger partial charge in [-0.2, -0.15) is 10.2 Å². The molecule has 1 N–H and O–H groups in total. The van der Waals surface area contributed by atoms with Crippen LogP contribution in [-0.4, -0.2) is 15.3 Å². The van der Waals surface area contributed by atoms with Crippen LogP contribution in [-0.2, 0) is 11.3 Å². The van der Waals surface area contributed by atoms with Gasteiger partial charge in [-0.25, -0.2) is 4.39 Å². The average molecular weight is 454 g/mol. The van der Waals surface area contributed by atoms with Gasteiger partial charge in [0.2, 0.25) is 5.88 Å². The normalized spacial score (nSPS) is 11.1. The van der Waals surface area contributed by atoms with Crippen LogP contribution in [0.4, 0.5) is 4.39 Å². The van der Waals surface area contributed by atoms with Crippen molar-refractivity contribution in [2.24, 2.45) is 0 Å². The summed E-state index contributed by atoms with van der Waals surface area (Å²) in [5.41, 5.74) is 1.05. The van der Waals surface area contributed by atoms with Gasteiger partial charge in [-0.05, 0) is 54.5 Å². The Labute approximate surface area is 194 Å². The summed E-state index contributed by atoms with van der Waals surface area (Å²) < 4.78 is 20.4. The lowest BCUT2D eigenvalue weighted by atomic mass is 10.1. The van der Waals surface area contributed by atoms with Crippen LogP contribution in [0.1, 0.15) is 16.7 Å². The maximum atomic E-state index is 13.3. The number of ether oxygens (including phenoxy) is 1. The summed E-state index contributed by atoms with van der Waals surface area (Å²) in [7, 11) is 0. The van der Waals surface area contributed by atoms with Crippen LogP contribution in [0.2, 0.25) is 0 Å². The molecule has 0 radical (unpaired) electrons.